The molecule has 4 aromatic carbocycles. The van der Waals surface area contributed by atoms with Crippen molar-refractivity contribution in [1.29, 1.82) is 5.41 Å². The van der Waals surface area contributed by atoms with E-state index >= 15 is 0 Å². The van der Waals surface area contributed by atoms with E-state index in [1.807, 2.05) is 18.2 Å². The van der Waals surface area contributed by atoms with Gasteiger partial charge >= 0.3 is 0 Å². The number of carbonyl (C=O) groups excluding carboxylic acids is 1. The fourth-order valence-electron chi connectivity index (χ4n) is 6.78. The second-order valence-electron chi connectivity index (χ2n) is 12.7. The molecule has 0 saturated carbocycles. The molecular formula is C38H48N6O. The number of hydrogen-bond donors (Lipinski definition) is 4. The quantitative estimate of drug-likeness (QED) is 0.104. The number of carbonyl (C=O) groups is 1. The monoisotopic (exact) mass is 604 g/mol. The van der Waals surface area contributed by atoms with Gasteiger partial charge in [0.05, 0.1) is 6.42 Å². The smallest absolute Gasteiger partial charge is 0.227 e. The molecule has 7 heteroatoms. The Kier molecular flexibility index (Phi) is 10.9. The first-order valence-electron chi connectivity index (χ1n) is 16.2. The van der Waals surface area contributed by atoms with Gasteiger partial charge in [0.1, 0.15) is 0 Å². The van der Waals surface area contributed by atoms with Crippen LogP contribution >= 0.6 is 0 Å². The zero-order valence-electron chi connectivity index (χ0n) is 26.7. The summed E-state index contributed by atoms with van der Waals surface area (Å²) in [7, 11) is 0. The topological polar surface area (TPSA) is 111 Å². The van der Waals surface area contributed by atoms with Gasteiger partial charge in [0.25, 0.3) is 0 Å². The van der Waals surface area contributed by atoms with Gasteiger partial charge in [0.2, 0.25) is 5.91 Å². The first-order valence-corrected chi connectivity index (χ1v) is 16.2. The van der Waals surface area contributed by atoms with E-state index < -0.39 is 0 Å². The third kappa shape index (κ3) is 8.93. The van der Waals surface area contributed by atoms with E-state index in [-0.39, 0.29) is 30.0 Å². The fraction of sp³-hybridized carbons (Fsp3) is 0.368. The molecule has 1 fully saturated rings. The molecule has 1 saturated heterocycles. The van der Waals surface area contributed by atoms with Crippen LogP contribution < -0.4 is 16.8 Å². The minimum atomic E-state index is -0.0264. The summed E-state index contributed by atoms with van der Waals surface area (Å²) in [5, 5.41) is 12.8. The van der Waals surface area contributed by atoms with Crippen LogP contribution in [0.1, 0.15) is 40.7 Å². The number of nitrogens with one attached hydrogen (secondary N) is 2. The predicted molar refractivity (Wildman–Crippen MR) is 185 cm³/mol. The number of nitrogens with zero attached hydrogens (tertiary/aromatic N) is 2. The molecule has 0 radical (unpaired) electrons. The van der Waals surface area contributed by atoms with Gasteiger partial charge in [-0.2, -0.15) is 0 Å². The second-order valence-corrected chi connectivity index (χ2v) is 12.7. The molecule has 3 atom stereocenters. The molecule has 0 bridgehead atoms. The van der Waals surface area contributed by atoms with E-state index in [0.717, 1.165) is 49.7 Å². The van der Waals surface area contributed by atoms with Crippen LogP contribution in [0.3, 0.4) is 0 Å². The Morgan fingerprint density at radius 2 is 1.67 bits per heavy atom. The van der Waals surface area contributed by atoms with E-state index in [0.29, 0.717) is 19.5 Å². The molecule has 0 aliphatic carbocycles. The molecule has 0 unspecified atom stereocenters. The fourth-order valence-corrected chi connectivity index (χ4v) is 6.78. The summed E-state index contributed by atoms with van der Waals surface area (Å²) in [6.45, 7) is 7.10. The van der Waals surface area contributed by atoms with E-state index in [1.54, 1.807) is 0 Å². The number of rotatable bonds is 12. The number of aryl methyl sites for hydroxylation is 2. The summed E-state index contributed by atoms with van der Waals surface area (Å²) >= 11 is 0. The minimum Gasteiger partial charge on any atom is -0.370 e. The van der Waals surface area contributed by atoms with E-state index in [1.165, 1.54) is 27.6 Å². The first kappa shape index (κ1) is 32.2. The summed E-state index contributed by atoms with van der Waals surface area (Å²) in [4.78, 5) is 18.8. The van der Waals surface area contributed by atoms with Gasteiger partial charge in [-0.3, -0.25) is 15.1 Å². The van der Waals surface area contributed by atoms with Crippen molar-refractivity contribution in [3.63, 3.8) is 0 Å². The first-order chi connectivity index (χ1) is 21.7. The van der Waals surface area contributed by atoms with Crippen LogP contribution in [-0.2, 0) is 24.1 Å². The van der Waals surface area contributed by atoms with Gasteiger partial charge in [0.15, 0.2) is 5.96 Å². The van der Waals surface area contributed by atoms with Gasteiger partial charge in [0, 0.05) is 44.3 Å². The highest BCUT2D eigenvalue weighted by atomic mass is 16.2. The zero-order chi connectivity index (χ0) is 31.8. The zero-order valence-corrected chi connectivity index (χ0v) is 26.7. The largest absolute Gasteiger partial charge is 0.370 e. The number of guanidine groups is 1. The number of amides is 1. The Morgan fingerprint density at radius 1 is 0.911 bits per heavy atom. The van der Waals surface area contributed by atoms with Crippen LogP contribution in [0.4, 0.5) is 0 Å². The summed E-state index contributed by atoms with van der Waals surface area (Å²) in [6, 6.07) is 31.9. The van der Waals surface area contributed by atoms with Crippen LogP contribution in [0.2, 0.25) is 0 Å². The van der Waals surface area contributed by atoms with E-state index in [4.69, 9.17) is 16.9 Å². The predicted octanol–water partition coefficient (Wildman–Crippen LogP) is 4.96. The van der Waals surface area contributed by atoms with E-state index in [9.17, 15) is 4.79 Å². The summed E-state index contributed by atoms with van der Waals surface area (Å²) in [5.74, 6) is 0.151. The maximum absolute atomic E-state index is 14.1. The van der Waals surface area contributed by atoms with Crippen LogP contribution in [-0.4, -0.2) is 66.0 Å². The summed E-state index contributed by atoms with van der Waals surface area (Å²) in [6.07, 6.45) is 3.72. The molecule has 4 aromatic rings. The molecule has 0 spiro atoms. The number of fused-ring (bicyclic) bond motifs is 1. The SMILES string of the molecule is Cc1ccc(C[C@@H](N)CN2C[C@@H](Cc3ccccc3)N(C(=O)Cc3ccc4ccccc4c3)C[C@@H]2CCCNC(=N)N)c(C)c1. The van der Waals surface area contributed by atoms with Gasteiger partial charge < -0.3 is 21.7 Å². The molecule has 1 amide bonds. The van der Waals surface area contributed by atoms with Crippen molar-refractivity contribution in [1.82, 2.24) is 15.1 Å². The number of nitrogens with two attached hydrogens (primary N) is 2. The van der Waals surface area contributed by atoms with Gasteiger partial charge in [-0.25, -0.2) is 0 Å². The maximum Gasteiger partial charge on any atom is 0.227 e. The summed E-state index contributed by atoms with van der Waals surface area (Å²) in [5.41, 5.74) is 18.5. The lowest BCUT2D eigenvalue weighted by Crippen LogP contribution is -2.62. The molecule has 1 aliphatic heterocycles. The van der Waals surface area contributed by atoms with E-state index in [2.05, 4.69) is 102 Å². The van der Waals surface area contributed by atoms with Crippen molar-refractivity contribution < 1.29 is 4.79 Å². The number of piperazine rings is 1. The lowest BCUT2D eigenvalue weighted by atomic mass is 9.94. The Bertz CT molecular complexity index is 1590. The van der Waals surface area contributed by atoms with Crippen molar-refractivity contribution in [2.75, 3.05) is 26.2 Å². The standard InChI is InChI=1S/C38H48N6O/c1-27-14-16-32(28(2)19-27)23-34(39)24-43-25-36(21-29-9-4-3-5-10-29)44(26-35(43)13-8-18-42-38(40)41)37(45)22-30-15-17-31-11-6-7-12-33(31)20-30/h3-7,9-12,14-17,19-20,34-36H,8,13,18,21-26,39H2,1-2H3,(H4,40,41,42)/t34-,35+,36-/m1/s1. The lowest BCUT2D eigenvalue weighted by molar-refractivity contribution is -0.137. The lowest BCUT2D eigenvalue weighted by Gasteiger charge is -2.47. The van der Waals surface area contributed by atoms with Crippen LogP contribution in [0.25, 0.3) is 10.8 Å². The van der Waals surface area contributed by atoms with Gasteiger partial charge in [-0.15, -0.1) is 0 Å². The third-order valence-corrected chi connectivity index (χ3v) is 9.09. The van der Waals surface area contributed by atoms with Gasteiger partial charge in [-0.05, 0) is 72.6 Å². The molecule has 1 heterocycles. The average molecular weight is 605 g/mol. The van der Waals surface area contributed by atoms with Crippen molar-refractivity contribution in [3.05, 3.63) is 119 Å². The highest BCUT2D eigenvalue weighted by molar-refractivity contribution is 5.85. The normalized spacial score (nSPS) is 17.7. The Morgan fingerprint density at radius 3 is 2.42 bits per heavy atom. The molecule has 45 heavy (non-hydrogen) atoms. The molecule has 6 N–H and O–H groups in total. The average Bonchev–Trinajstić information content (AvgIpc) is 3.02. The molecule has 7 nitrogen and oxygen atoms in total. The highest BCUT2D eigenvalue weighted by Crippen LogP contribution is 2.25. The van der Waals surface area contributed by atoms with Gasteiger partial charge in [-0.1, -0.05) is 96.6 Å². The van der Waals surface area contributed by atoms with Crippen molar-refractivity contribution in [3.8, 4) is 0 Å². The summed E-state index contributed by atoms with van der Waals surface area (Å²) < 4.78 is 0. The number of benzene rings is 4. The Balaban J connectivity index is 1.37. The minimum absolute atomic E-state index is 0.0129. The van der Waals surface area contributed by atoms with Crippen LogP contribution in [0.15, 0.2) is 91.0 Å². The highest BCUT2D eigenvalue weighted by Gasteiger charge is 2.36. The van der Waals surface area contributed by atoms with Crippen LogP contribution in [0, 0.1) is 19.3 Å². The van der Waals surface area contributed by atoms with Crippen molar-refractivity contribution >= 4 is 22.6 Å². The molecule has 1 aliphatic rings. The van der Waals surface area contributed by atoms with Crippen LogP contribution in [0.5, 0.6) is 0 Å². The molecular weight excluding hydrogens is 556 g/mol. The molecule has 5 rings (SSSR count). The third-order valence-electron chi connectivity index (χ3n) is 9.09. The molecule has 236 valence electrons. The number of hydrogen-bond acceptors (Lipinski definition) is 4. The Hall–Kier alpha value is -4.20. The van der Waals surface area contributed by atoms with Crippen molar-refractivity contribution in [2.45, 2.75) is 64.1 Å². The molecule has 0 aromatic heterocycles. The maximum atomic E-state index is 14.1. The van der Waals surface area contributed by atoms with Crippen molar-refractivity contribution in [2.24, 2.45) is 11.5 Å². The Labute approximate surface area is 268 Å². The second kappa shape index (κ2) is 15.2.